The van der Waals surface area contributed by atoms with Gasteiger partial charge >= 0.3 is 5.97 Å². The van der Waals surface area contributed by atoms with Crippen LogP contribution in [0.2, 0.25) is 5.02 Å². The number of benzene rings is 1. The molecule has 1 saturated carbocycles. The first-order chi connectivity index (χ1) is 11.8. The Balaban J connectivity index is 1.85. The first-order valence-corrected chi connectivity index (χ1v) is 8.57. The van der Waals surface area contributed by atoms with Crippen molar-refractivity contribution in [1.82, 2.24) is 15.1 Å². The van der Waals surface area contributed by atoms with Crippen LogP contribution < -0.4 is 5.32 Å². The van der Waals surface area contributed by atoms with Gasteiger partial charge in [-0.1, -0.05) is 25.4 Å². The van der Waals surface area contributed by atoms with E-state index in [9.17, 15) is 14.7 Å². The lowest BCUT2D eigenvalue weighted by Crippen LogP contribution is -2.34. The van der Waals surface area contributed by atoms with Gasteiger partial charge in [0.1, 0.15) is 0 Å². The van der Waals surface area contributed by atoms with Gasteiger partial charge in [0, 0.05) is 11.6 Å². The number of carbonyl (C=O) groups is 2. The Morgan fingerprint density at radius 3 is 2.48 bits per heavy atom. The number of rotatable bonds is 6. The molecule has 6 nitrogen and oxygen atoms in total. The van der Waals surface area contributed by atoms with E-state index < -0.39 is 11.4 Å². The predicted molar refractivity (Wildman–Crippen MR) is 94.3 cm³/mol. The summed E-state index contributed by atoms with van der Waals surface area (Å²) < 4.78 is 1.72. The maximum absolute atomic E-state index is 12.6. The molecule has 0 atom stereocenters. The van der Waals surface area contributed by atoms with Crippen LogP contribution in [-0.4, -0.2) is 33.3 Å². The van der Waals surface area contributed by atoms with Crippen molar-refractivity contribution in [2.24, 2.45) is 5.41 Å². The number of carbonyl (C=O) groups excluding carboxylic acids is 1. The minimum absolute atomic E-state index is 0.0632. The topological polar surface area (TPSA) is 84.2 Å². The van der Waals surface area contributed by atoms with E-state index in [-0.39, 0.29) is 18.4 Å². The molecule has 1 aromatic heterocycles. The summed E-state index contributed by atoms with van der Waals surface area (Å²) in [5.74, 6) is -1.08. The molecule has 1 heterocycles. The van der Waals surface area contributed by atoms with E-state index >= 15 is 0 Å². The summed E-state index contributed by atoms with van der Waals surface area (Å²) in [5, 5.41) is 17.0. The highest BCUT2D eigenvalue weighted by atomic mass is 35.5. The molecule has 25 heavy (non-hydrogen) atoms. The highest BCUT2D eigenvalue weighted by Crippen LogP contribution is 2.45. The van der Waals surface area contributed by atoms with Crippen molar-refractivity contribution in [3.63, 3.8) is 0 Å². The molecule has 0 saturated heterocycles. The Hall–Kier alpha value is -2.34. The largest absolute Gasteiger partial charge is 0.481 e. The van der Waals surface area contributed by atoms with E-state index in [1.807, 2.05) is 26.0 Å². The summed E-state index contributed by atoms with van der Waals surface area (Å²) in [4.78, 5) is 23.8. The molecule has 3 rings (SSSR count). The van der Waals surface area contributed by atoms with Gasteiger partial charge in [0.05, 0.1) is 28.6 Å². The zero-order valence-corrected chi connectivity index (χ0v) is 14.9. The standard InChI is InChI=1S/C18H20ClN3O3/c1-11(2)15-14(16(23)20-10-18(7-8-18)17(24)25)9-21-22(15)13-5-3-12(19)4-6-13/h3-6,9,11H,7-8,10H2,1-2H3,(H,20,23)(H,24,25). The molecule has 132 valence electrons. The van der Waals surface area contributed by atoms with E-state index in [1.165, 1.54) is 6.20 Å². The third-order valence-electron chi connectivity index (χ3n) is 4.56. The smallest absolute Gasteiger partial charge is 0.311 e. The summed E-state index contributed by atoms with van der Waals surface area (Å²) in [7, 11) is 0. The van der Waals surface area contributed by atoms with Crippen molar-refractivity contribution in [2.45, 2.75) is 32.6 Å². The number of nitrogens with one attached hydrogen (secondary N) is 1. The molecule has 1 aromatic carbocycles. The average molecular weight is 362 g/mol. The Kier molecular flexibility index (Phi) is 4.56. The SMILES string of the molecule is CC(C)c1c(C(=O)NCC2(C(=O)O)CC2)cnn1-c1ccc(Cl)cc1. The third kappa shape index (κ3) is 3.39. The lowest BCUT2D eigenvalue weighted by Gasteiger charge is -2.14. The minimum atomic E-state index is -0.853. The number of carboxylic acid groups (broad SMARTS) is 1. The molecule has 0 aliphatic heterocycles. The lowest BCUT2D eigenvalue weighted by atomic mass is 10.0. The van der Waals surface area contributed by atoms with Crippen LogP contribution in [0.15, 0.2) is 30.5 Å². The highest BCUT2D eigenvalue weighted by molar-refractivity contribution is 6.30. The van der Waals surface area contributed by atoms with Crippen LogP contribution in [0.4, 0.5) is 0 Å². The van der Waals surface area contributed by atoms with Crippen molar-refractivity contribution < 1.29 is 14.7 Å². The number of aromatic nitrogens is 2. The molecule has 7 heteroatoms. The van der Waals surface area contributed by atoms with E-state index in [4.69, 9.17) is 11.6 Å². The molecular weight excluding hydrogens is 342 g/mol. The molecule has 1 aliphatic carbocycles. The predicted octanol–water partition coefficient (Wildman–Crippen LogP) is 3.24. The van der Waals surface area contributed by atoms with Crippen LogP contribution in [0, 0.1) is 5.41 Å². The fraction of sp³-hybridized carbons (Fsp3) is 0.389. The highest BCUT2D eigenvalue weighted by Gasteiger charge is 2.50. The van der Waals surface area contributed by atoms with Gasteiger partial charge in [0.15, 0.2) is 0 Å². The average Bonchev–Trinajstić information content (AvgIpc) is 3.24. The van der Waals surface area contributed by atoms with Crippen LogP contribution in [0.25, 0.3) is 5.69 Å². The normalized spacial score (nSPS) is 15.2. The van der Waals surface area contributed by atoms with Crippen LogP contribution >= 0.6 is 11.6 Å². The fourth-order valence-electron chi connectivity index (χ4n) is 2.84. The van der Waals surface area contributed by atoms with Gasteiger partial charge in [-0.25, -0.2) is 4.68 Å². The number of hydrogen-bond acceptors (Lipinski definition) is 3. The number of aliphatic carboxylic acids is 1. The second-order valence-corrected chi connectivity index (χ2v) is 7.19. The van der Waals surface area contributed by atoms with Gasteiger partial charge in [-0.15, -0.1) is 0 Å². The molecule has 0 unspecified atom stereocenters. The number of hydrogen-bond donors (Lipinski definition) is 2. The quantitative estimate of drug-likeness (QED) is 0.827. The molecule has 1 fully saturated rings. The summed E-state index contributed by atoms with van der Waals surface area (Å²) in [5.41, 5.74) is 1.27. The Morgan fingerprint density at radius 1 is 1.32 bits per heavy atom. The van der Waals surface area contributed by atoms with Crippen LogP contribution in [0.3, 0.4) is 0 Å². The monoisotopic (exact) mass is 361 g/mol. The van der Waals surface area contributed by atoms with Gasteiger partial charge in [-0.2, -0.15) is 5.10 Å². The molecule has 0 bridgehead atoms. The summed E-state index contributed by atoms with van der Waals surface area (Å²) in [6.07, 6.45) is 2.73. The Labute approximate surface area is 150 Å². The Bertz CT molecular complexity index is 807. The summed E-state index contributed by atoms with van der Waals surface area (Å²) in [6, 6.07) is 7.22. The molecular formula is C18H20ClN3O3. The maximum Gasteiger partial charge on any atom is 0.311 e. The molecule has 1 amide bonds. The Morgan fingerprint density at radius 2 is 1.96 bits per heavy atom. The lowest BCUT2D eigenvalue weighted by molar-refractivity contribution is -0.143. The molecule has 0 spiro atoms. The van der Waals surface area contributed by atoms with Gasteiger partial charge in [0.25, 0.3) is 5.91 Å². The fourth-order valence-corrected chi connectivity index (χ4v) is 2.96. The van der Waals surface area contributed by atoms with Crippen LogP contribution in [-0.2, 0) is 4.79 Å². The van der Waals surface area contributed by atoms with Crippen LogP contribution in [0.1, 0.15) is 48.7 Å². The van der Waals surface area contributed by atoms with Crippen molar-refractivity contribution in [3.05, 3.63) is 46.7 Å². The molecule has 0 radical (unpaired) electrons. The summed E-state index contributed by atoms with van der Waals surface area (Å²) >= 11 is 5.93. The number of nitrogens with zero attached hydrogens (tertiary/aromatic N) is 2. The van der Waals surface area contributed by atoms with Crippen LogP contribution in [0.5, 0.6) is 0 Å². The third-order valence-corrected chi connectivity index (χ3v) is 4.82. The maximum atomic E-state index is 12.6. The first-order valence-electron chi connectivity index (χ1n) is 8.19. The van der Waals surface area contributed by atoms with E-state index in [0.717, 1.165) is 11.4 Å². The van der Waals surface area contributed by atoms with E-state index in [2.05, 4.69) is 10.4 Å². The van der Waals surface area contributed by atoms with Crippen molar-refractivity contribution in [2.75, 3.05) is 6.54 Å². The second kappa shape index (κ2) is 6.52. The van der Waals surface area contributed by atoms with Gasteiger partial charge < -0.3 is 10.4 Å². The molecule has 2 aromatic rings. The second-order valence-electron chi connectivity index (χ2n) is 6.75. The van der Waals surface area contributed by atoms with Gasteiger partial charge in [-0.3, -0.25) is 9.59 Å². The van der Waals surface area contributed by atoms with Crippen molar-refractivity contribution >= 4 is 23.5 Å². The number of amides is 1. The number of carboxylic acids is 1. The number of halogens is 1. The van der Waals surface area contributed by atoms with Crippen molar-refractivity contribution in [3.8, 4) is 5.69 Å². The van der Waals surface area contributed by atoms with Gasteiger partial charge in [0.2, 0.25) is 0 Å². The minimum Gasteiger partial charge on any atom is -0.481 e. The van der Waals surface area contributed by atoms with E-state index in [1.54, 1.807) is 16.8 Å². The van der Waals surface area contributed by atoms with E-state index in [0.29, 0.717) is 23.4 Å². The zero-order valence-electron chi connectivity index (χ0n) is 14.1. The van der Waals surface area contributed by atoms with Gasteiger partial charge in [-0.05, 0) is 43.0 Å². The van der Waals surface area contributed by atoms with Crippen molar-refractivity contribution in [1.29, 1.82) is 0 Å². The molecule has 2 N–H and O–H groups in total. The summed E-state index contributed by atoms with van der Waals surface area (Å²) in [6.45, 7) is 4.12. The molecule has 1 aliphatic rings. The first kappa shape index (κ1) is 17.5. The zero-order chi connectivity index (χ0) is 18.2.